The highest BCUT2D eigenvalue weighted by molar-refractivity contribution is 5.87. The standard InChI is InChI=1S/C13H14N4O/c1-2-12(18)17-5-3-11(4-6-17)13-15-8-10(7-14)9-16-13/h2,8-9,11H,1,3-6H2. The highest BCUT2D eigenvalue weighted by Crippen LogP contribution is 2.25. The molecule has 0 unspecified atom stereocenters. The SMILES string of the molecule is C=CC(=O)N1CCC(c2ncc(C#N)cn2)CC1. The van der Waals surface area contributed by atoms with Gasteiger partial charge in [-0.15, -0.1) is 0 Å². The molecule has 2 heterocycles. The first-order valence-corrected chi connectivity index (χ1v) is 5.88. The van der Waals surface area contributed by atoms with Crippen molar-refractivity contribution in [2.45, 2.75) is 18.8 Å². The zero-order valence-corrected chi connectivity index (χ0v) is 10.0. The molecular formula is C13H14N4O. The topological polar surface area (TPSA) is 69.9 Å². The molecule has 5 heteroatoms. The van der Waals surface area contributed by atoms with Crippen LogP contribution in [0.4, 0.5) is 0 Å². The largest absolute Gasteiger partial charge is 0.339 e. The van der Waals surface area contributed by atoms with Crippen LogP contribution in [0, 0.1) is 11.3 Å². The molecule has 1 aromatic rings. The van der Waals surface area contributed by atoms with Crippen LogP contribution in [-0.4, -0.2) is 33.9 Å². The van der Waals surface area contributed by atoms with Crippen molar-refractivity contribution in [1.82, 2.24) is 14.9 Å². The maximum Gasteiger partial charge on any atom is 0.245 e. The number of amides is 1. The molecule has 1 fully saturated rings. The van der Waals surface area contributed by atoms with Gasteiger partial charge in [-0.3, -0.25) is 4.79 Å². The molecule has 1 aliphatic rings. The monoisotopic (exact) mass is 242 g/mol. The van der Waals surface area contributed by atoms with Gasteiger partial charge in [0.15, 0.2) is 0 Å². The highest BCUT2D eigenvalue weighted by Gasteiger charge is 2.24. The second kappa shape index (κ2) is 5.41. The Bertz CT molecular complexity index is 481. The molecule has 0 spiro atoms. The Morgan fingerprint density at radius 1 is 1.44 bits per heavy atom. The molecule has 0 atom stereocenters. The predicted molar refractivity (Wildman–Crippen MR) is 65.5 cm³/mol. The summed E-state index contributed by atoms with van der Waals surface area (Å²) in [7, 11) is 0. The summed E-state index contributed by atoms with van der Waals surface area (Å²) in [5, 5.41) is 8.68. The lowest BCUT2D eigenvalue weighted by Gasteiger charge is -2.30. The van der Waals surface area contributed by atoms with E-state index in [1.807, 2.05) is 6.07 Å². The quantitative estimate of drug-likeness (QED) is 0.731. The lowest BCUT2D eigenvalue weighted by molar-refractivity contribution is -0.127. The molecule has 0 aromatic carbocycles. The van der Waals surface area contributed by atoms with E-state index < -0.39 is 0 Å². The fourth-order valence-corrected chi connectivity index (χ4v) is 2.09. The van der Waals surface area contributed by atoms with Crippen molar-refractivity contribution in [1.29, 1.82) is 5.26 Å². The number of piperidine rings is 1. The molecular weight excluding hydrogens is 228 g/mol. The minimum absolute atomic E-state index is 0.0193. The van der Waals surface area contributed by atoms with Crippen LogP contribution >= 0.6 is 0 Å². The van der Waals surface area contributed by atoms with Crippen molar-refractivity contribution in [2.75, 3.05) is 13.1 Å². The van der Waals surface area contributed by atoms with E-state index in [1.165, 1.54) is 6.08 Å². The number of nitriles is 1. The maximum absolute atomic E-state index is 11.4. The van der Waals surface area contributed by atoms with Crippen molar-refractivity contribution >= 4 is 5.91 Å². The van der Waals surface area contributed by atoms with E-state index in [2.05, 4.69) is 16.5 Å². The highest BCUT2D eigenvalue weighted by atomic mass is 16.2. The Labute approximate surface area is 106 Å². The zero-order valence-electron chi connectivity index (χ0n) is 10.0. The summed E-state index contributed by atoms with van der Waals surface area (Å²) in [6.07, 6.45) is 6.14. The smallest absolute Gasteiger partial charge is 0.245 e. The third-order valence-corrected chi connectivity index (χ3v) is 3.15. The van der Waals surface area contributed by atoms with Gasteiger partial charge in [-0.2, -0.15) is 5.26 Å². The minimum Gasteiger partial charge on any atom is -0.339 e. The van der Waals surface area contributed by atoms with Crippen molar-refractivity contribution < 1.29 is 4.79 Å². The number of nitrogens with zero attached hydrogens (tertiary/aromatic N) is 4. The molecule has 0 bridgehead atoms. The first-order valence-electron chi connectivity index (χ1n) is 5.88. The molecule has 0 aliphatic carbocycles. The second-order valence-electron chi connectivity index (χ2n) is 4.25. The van der Waals surface area contributed by atoms with Crippen LogP contribution in [0.2, 0.25) is 0 Å². The Hall–Kier alpha value is -2.22. The molecule has 92 valence electrons. The van der Waals surface area contributed by atoms with Gasteiger partial charge < -0.3 is 4.90 Å². The first-order chi connectivity index (χ1) is 8.74. The van der Waals surface area contributed by atoms with E-state index in [4.69, 9.17) is 5.26 Å². The van der Waals surface area contributed by atoms with Gasteiger partial charge in [0.1, 0.15) is 11.9 Å². The fourth-order valence-electron chi connectivity index (χ4n) is 2.09. The average Bonchev–Trinajstić information content (AvgIpc) is 2.47. The fraction of sp³-hybridized carbons (Fsp3) is 0.385. The van der Waals surface area contributed by atoms with Gasteiger partial charge in [-0.1, -0.05) is 6.58 Å². The lowest BCUT2D eigenvalue weighted by Crippen LogP contribution is -2.37. The third-order valence-electron chi connectivity index (χ3n) is 3.15. The molecule has 0 saturated carbocycles. The van der Waals surface area contributed by atoms with Crippen molar-refractivity contribution in [3.63, 3.8) is 0 Å². The van der Waals surface area contributed by atoms with E-state index in [-0.39, 0.29) is 11.8 Å². The third kappa shape index (κ3) is 2.54. The van der Waals surface area contributed by atoms with E-state index in [1.54, 1.807) is 17.3 Å². The molecule has 0 radical (unpaired) electrons. The predicted octanol–water partition coefficient (Wildman–Crippen LogP) is 1.24. The van der Waals surface area contributed by atoms with Crippen LogP contribution in [0.1, 0.15) is 30.1 Å². The van der Waals surface area contributed by atoms with Gasteiger partial charge >= 0.3 is 0 Å². The molecule has 1 aromatic heterocycles. The van der Waals surface area contributed by atoms with E-state index in [0.717, 1.165) is 18.7 Å². The summed E-state index contributed by atoms with van der Waals surface area (Å²) in [5.74, 6) is 1.01. The van der Waals surface area contributed by atoms with Gasteiger partial charge in [0.05, 0.1) is 5.56 Å². The van der Waals surface area contributed by atoms with Crippen molar-refractivity contribution in [3.8, 4) is 6.07 Å². The van der Waals surface area contributed by atoms with E-state index in [0.29, 0.717) is 18.7 Å². The Morgan fingerprint density at radius 2 is 2.06 bits per heavy atom. The Balaban J connectivity index is 1.99. The summed E-state index contributed by atoms with van der Waals surface area (Å²) in [6.45, 7) is 4.90. The normalized spacial score (nSPS) is 16.1. The van der Waals surface area contributed by atoms with Crippen LogP contribution in [-0.2, 0) is 4.79 Å². The second-order valence-corrected chi connectivity index (χ2v) is 4.25. The number of hydrogen-bond acceptors (Lipinski definition) is 4. The van der Waals surface area contributed by atoms with E-state index in [9.17, 15) is 4.79 Å². The number of rotatable bonds is 2. The summed E-state index contributed by atoms with van der Waals surface area (Å²) >= 11 is 0. The molecule has 1 amide bonds. The van der Waals surface area contributed by atoms with Crippen LogP contribution in [0.5, 0.6) is 0 Å². The van der Waals surface area contributed by atoms with Crippen molar-refractivity contribution in [3.05, 3.63) is 36.4 Å². The lowest BCUT2D eigenvalue weighted by atomic mass is 9.96. The summed E-state index contributed by atoms with van der Waals surface area (Å²) in [5.41, 5.74) is 0.470. The number of carbonyl (C=O) groups excluding carboxylic acids is 1. The maximum atomic E-state index is 11.4. The van der Waals surface area contributed by atoms with Crippen LogP contribution in [0.15, 0.2) is 25.0 Å². The van der Waals surface area contributed by atoms with Gasteiger partial charge in [-0.05, 0) is 18.9 Å². The zero-order chi connectivity index (χ0) is 13.0. The van der Waals surface area contributed by atoms with Gasteiger partial charge in [0.25, 0.3) is 0 Å². The average molecular weight is 242 g/mol. The van der Waals surface area contributed by atoms with E-state index >= 15 is 0 Å². The molecule has 0 N–H and O–H groups in total. The van der Waals surface area contributed by atoms with Gasteiger partial charge in [-0.25, -0.2) is 9.97 Å². The Morgan fingerprint density at radius 3 is 2.56 bits per heavy atom. The van der Waals surface area contributed by atoms with Gasteiger partial charge in [0.2, 0.25) is 5.91 Å². The summed E-state index contributed by atoms with van der Waals surface area (Å²) in [4.78, 5) is 21.6. The molecule has 2 rings (SSSR count). The van der Waals surface area contributed by atoms with Crippen molar-refractivity contribution in [2.24, 2.45) is 0 Å². The summed E-state index contributed by atoms with van der Waals surface area (Å²) in [6, 6.07) is 2.00. The first kappa shape index (κ1) is 12.2. The minimum atomic E-state index is -0.0193. The van der Waals surface area contributed by atoms with Crippen LogP contribution < -0.4 is 0 Å². The molecule has 1 aliphatic heterocycles. The van der Waals surface area contributed by atoms with Crippen LogP contribution in [0.3, 0.4) is 0 Å². The van der Waals surface area contributed by atoms with Gasteiger partial charge in [0, 0.05) is 31.4 Å². The number of carbonyl (C=O) groups is 1. The molecule has 5 nitrogen and oxygen atoms in total. The number of aromatic nitrogens is 2. The number of hydrogen-bond donors (Lipinski definition) is 0. The summed E-state index contributed by atoms with van der Waals surface area (Å²) < 4.78 is 0. The number of likely N-dealkylation sites (tertiary alicyclic amines) is 1. The van der Waals surface area contributed by atoms with Crippen LogP contribution in [0.25, 0.3) is 0 Å². The molecule has 1 saturated heterocycles. The Kier molecular flexibility index (Phi) is 3.68. The molecule has 18 heavy (non-hydrogen) atoms.